The molecule has 4 rings (SSSR count). The molecule has 1 aliphatic carbocycles. The lowest BCUT2D eigenvalue weighted by Gasteiger charge is -2.14. The summed E-state index contributed by atoms with van der Waals surface area (Å²) in [6, 6.07) is 12.0. The van der Waals surface area contributed by atoms with Crippen molar-refractivity contribution >= 4 is 11.6 Å². The van der Waals surface area contributed by atoms with Gasteiger partial charge >= 0.3 is 0 Å². The first-order chi connectivity index (χ1) is 10.2. The van der Waals surface area contributed by atoms with Gasteiger partial charge in [0.05, 0.1) is 6.42 Å². The highest BCUT2D eigenvalue weighted by Gasteiger charge is 2.21. The first-order valence-corrected chi connectivity index (χ1v) is 7.43. The zero-order valence-electron chi connectivity index (χ0n) is 11.7. The molecular formula is C18H17NO2. The van der Waals surface area contributed by atoms with Crippen LogP contribution in [0.5, 0.6) is 0 Å². The summed E-state index contributed by atoms with van der Waals surface area (Å²) in [6.45, 7) is 0. The molecule has 1 atom stereocenters. The van der Waals surface area contributed by atoms with E-state index in [1.54, 1.807) is 0 Å². The molecule has 1 heterocycles. The van der Waals surface area contributed by atoms with E-state index >= 15 is 0 Å². The Bertz CT molecular complexity index is 736. The Kier molecular flexibility index (Phi) is 2.82. The van der Waals surface area contributed by atoms with E-state index < -0.39 is 6.10 Å². The molecule has 0 fully saturated rings. The van der Waals surface area contributed by atoms with Crippen molar-refractivity contribution in [1.29, 1.82) is 0 Å². The molecule has 3 nitrogen and oxygen atoms in total. The van der Waals surface area contributed by atoms with Crippen LogP contribution in [0.4, 0.5) is 5.69 Å². The van der Waals surface area contributed by atoms with Gasteiger partial charge in [0.1, 0.15) is 6.10 Å². The fourth-order valence-electron chi connectivity index (χ4n) is 3.37. The second-order valence-corrected chi connectivity index (χ2v) is 5.93. The van der Waals surface area contributed by atoms with E-state index in [0.717, 1.165) is 35.2 Å². The summed E-state index contributed by atoms with van der Waals surface area (Å²) < 4.78 is 0. The lowest BCUT2D eigenvalue weighted by molar-refractivity contribution is -0.115. The van der Waals surface area contributed by atoms with E-state index in [9.17, 15) is 9.90 Å². The Hall–Kier alpha value is -2.13. The molecule has 3 heteroatoms. The zero-order valence-corrected chi connectivity index (χ0v) is 11.7. The molecule has 0 radical (unpaired) electrons. The van der Waals surface area contributed by atoms with Crippen LogP contribution < -0.4 is 5.32 Å². The topological polar surface area (TPSA) is 49.3 Å². The molecule has 106 valence electrons. The molecule has 2 N–H and O–H groups in total. The van der Waals surface area contributed by atoms with Crippen LogP contribution in [0.25, 0.3) is 0 Å². The van der Waals surface area contributed by atoms with Gasteiger partial charge in [-0.15, -0.1) is 0 Å². The number of hydrogen-bond donors (Lipinski definition) is 2. The van der Waals surface area contributed by atoms with Crippen molar-refractivity contribution in [2.75, 3.05) is 5.32 Å². The summed E-state index contributed by atoms with van der Waals surface area (Å²) >= 11 is 0. The van der Waals surface area contributed by atoms with Crippen molar-refractivity contribution in [2.24, 2.45) is 0 Å². The molecule has 0 saturated heterocycles. The molecule has 21 heavy (non-hydrogen) atoms. The standard InChI is InChI=1S/C18H17NO2/c20-17-10-15-9-14(6-7-16(15)19-17)18(21)13-5-4-11-2-1-3-12(11)8-13/h4-9,18,21H,1-3,10H2,(H,19,20). The maximum atomic E-state index is 11.4. The smallest absolute Gasteiger partial charge is 0.228 e. The van der Waals surface area contributed by atoms with Crippen LogP contribution >= 0.6 is 0 Å². The summed E-state index contributed by atoms with van der Waals surface area (Å²) in [5.41, 5.74) is 6.40. The van der Waals surface area contributed by atoms with Gasteiger partial charge in [0.25, 0.3) is 0 Å². The highest BCUT2D eigenvalue weighted by molar-refractivity contribution is 5.99. The van der Waals surface area contributed by atoms with E-state index in [0.29, 0.717) is 6.42 Å². The third kappa shape index (κ3) is 2.14. The fraction of sp³-hybridized carbons (Fsp3) is 0.278. The van der Waals surface area contributed by atoms with Crippen LogP contribution in [0, 0.1) is 0 Å². The van der Waals surface area contributed by atoms with Crippen LogP contribution in [-0.4, -0.2) is 11.0 Å². The quantitative estimate of drug-likeness (QED) is 0.888. The summed E-state index contributed by atoms with van der Waals surface area (Å²) in [5.74, 6) is 0.0224. The van der Waals surface area contributed by atoms with Gasteiger partial charge in [-0.2, -0.15) is 0 Å². The Balaban J connectivity index is 1.67. The number of aliphatic hydroxyl groups is 1. The Morgan fingerprint density at radius 3 is 2.52 bits per heavy atom. The number of aliphatic hydroxyl groups excluding tert-OH is 1. The van der Waals surface area contributed by atoms with Gasteiger partial charge in [0.2, 0.25) is 5.91 Å². The predicted molar refractivity (Wildman–Crippen MR) is 81.3 cm³/mol. The van der Waals surface area contributed by atoms with Crippen molar-refractivity contribution in [2.45, 2.75) is 31.8 Å². The molecule has 1 unspecified atom stereocenters. The van der Waals surface area contributed by atoms with Crippen LogP contribution in [0.1, 0.15) is 40.3 Å². The molecule has 0 bridgehead atoms. The lowest BCUT2D eigenvalue weighted by atomic mass is 9.96. The lowest BCUT2D eigenvalue weighted by Crippen LogP contribution is -2.03. The van der Waals surface area contributed by atoms with Crippen molar-refractivity contribution in [3.63, 3.8) is 0 Å². The second kappa shape index (κ2) is 4.71. The molecule has 2 aromatic carbocycles. The van der Waals surface area contributed by atoms with Gasteiger partial charge in [-0.05, 0) is 53.1 Å². The minimum absolute atomic E-state index is 0.0224. The van der Waals surface area contributed by atoms with E-state index in [1.165, 1.54) is 17.5 Å². The average Bonchev–Trinajstić information content (AvgIpc) is 3.09. The molecular weight excluding hydrogens is 262 g/mol. The van der Waals surface area contributed by atoms with Gasteiger partial charge in [0, 0.05) is 5.69 Å². The maximum absolute atomic E-state index is 11.4. The number of nitrogens with one attached hydrogen (secondary N) is 1. The largest absolute Gasteiger partial charge is 0.384 e. The molecule has 0 spiro atoms. The summed E-state index contributed by atoms with van der Waals surface area (Å²) in [5, 5.41) is 13.4. The van der Waals surface area contributed by atoms with Crippen molar-refractivity contribution in [3.05, 3.63) is 64.2 Å². The summed E-state index contributed by atoms with van der Waals surface area (Å²) in [6.07, 6.45) is 3.25. The van der Waals surface area contributed by atoms with Crippen molar-refractivity contribution < 1.29 is 9.90 Å². The Morgan fingerprint density at radius 2 is 1.67 bits per heavy atom. The van der Waals surface area contributed by atoms with Crippen LogP contribution in [-0.2, 0) is 24.1 Å². The third-order valence-corrected chi connectivity index (χ3v) is 4.51. The molecule has 2 aliphatic rings. The number of anilines is 1. The predicted octanol–water partition coefficient (Wildman–Crippen LogP) is 2.75. The monoisotopic (exact) mass is 279 g/mol. The highest BCUT2D eigenvalue weighted by atomic mass is 16.3. The number of hydrogen-bond acceptors (Lipinski definition) is 2. The summed E-state index contributed by atoms with van der Waals surface area (Å²) in [7, 11) is 0. The van der Waals surface area contributed by atoms with Gasteiger partial charge in [-0.1, -0.05) is 30.3 Å². The molecule has 0 saturated carbocycles. The number of aryl methyl sites for hydroxylation is 2. The third-order valence-electron chi connectivity index (χ3n) is 4.51. The van der Waals surface area contributed by atoms with E-state index in [-0.39, 0.29) is 5.91 Å². The number of benzene rings is 2. The summed E-state index contributed by atoms with van der Waals surface area (Å²) in [4.78, 5) is 11.4. The number of amides is 1. The van der Waals surface area contributed by atoms with Crippen molar-refractivity contribution in [3.8, 4) is 0 Å². The first-order valence-electron chi connectivity index (χ1n) is 7.43. The molecule has 1 aliphatic heterocycles. The Morgan fingerprint density at radius 1 is 0.952 bits per heavy atom. The maximum Gasteiger partial charge on any atom is 0.228 e. The fourth-order valence-corrected chi connectivity index (χ4v) is 3.37. The highest BCUT2D eigenvalue weighted by Crippen LogP contribution is 2.31. The Labute approximate surface area is 123 Å². The van der Waals surface area contributed by atoms with Crippen LogP contribution in [0.3, 0.4) is 0 Å². The number of carbonyl (C=O) groups excluding carboxylic acids is 1. The molecule has 0 aromatic heterocycles. The number of rotatable bonds is 2. The second-order valence-electron chi connectivity index (χ2n) is 5.93. The van der Waals surface area contributed by atoms with Gasteiger partial charge < -0.3 is 10.4 Å². The van der Waals surface area contributed by atoms with Gasteiger partial charge in [0.15, 0.2) is 0 Å². The number of carbonyl (C=O) groups is 1. The van der Waals surface area contributed by atoms with Crippen LogP contribution in [0.15, 0.2) is 36.4 Å². The van der Waals surface area contributed by atoms with Gasteiger partial charge in [-0.3, -0.25) is 4.79 Å². The van der Waals surface area contributed by atoms with Crippen LogP contribution in [0.2, 0.25) is 0 Å². The molecule has 1 amide bonds. The molecule has 2 aromatic rings. The SMILES string of the molecule is O=C1Cc2cc(C(O)c3ccc4c(c3)CCC4)ccc2N1. The van der Waals surface area contributed by atoms with Gasteiger partial charge in [-0.25, -0.2) is 0 Å². The zero-order chi connectivity index (χ0) is 14.4. The minimum atomic E-state index is -0.628. The van der Waals surface area contributed by atoms with Crippen molar-refractivity contribution in [1.82, 2.24) is 0 Å². The van der Waals surface area contributed by atoms with E-state index in [2.05, 4.69) is 17.4 Å². The normalized spacial score (nSPS) is 17.3. The minimum Gasteiger partial charge on any atom is -0.384 e. The van der Waals surface area contributed by atoms with E-state index in [1.807, 2.05) is 24.3 Å². The number of fused-ring (bicyclic) bond motifs is 2. The average molecular weight is 279 g/mol. The van der Waals surface area contributed by atoms with E-state index in [4.69, 9.17) is 0 Å². The first kappa shape index (κ1) is 12.6.